The molecule has 0 bridgehead atoms. The first-order valence-electron chi connectivity index (χ1n) is 4.76. The van der Waals surface area contributed by atoms with E-state index in [0.29, 0.717) is 18.7 Å². The number of hydrogen-bond acceptors (Lipinski definition) is 2. The molecule has 0 aromatic heterocycles. The van der Waals surface area contributed by atoms with E-state index in [1.54, 1.807) is 13.2 Å². The van der Waals surface area contributed by atoms with Gasteiger partial charge in [-0.05, 0) is 24.6 Å². The SMILES string of the molecule is COCCCNC(=O)c1cccc(F)c1. The van der Waals surface area contributed by atoms with Crippen molar-refractivity contribution in [3.63, 3.8) is 0 Å². The van der Waals surface area contributed by atoms with Gasteiger partial charge >= 0.3 is 0 Å². The number of hydrogen-bond donors (Lipinski definition) is 1. The molecule has 0 unspecified atom stereocenters. The second-order valence-corrected chi connectivity index (χ2v) is 3.11. The summed E-state index contributed by atoms with van der Waals surface area (Å²) in [6.45, 7) is 1.13. The van der Waals surface area contributed by atoms with E-state index in [9.17, 15) is 9.18 Å². The Morgan fingerprint density at radius 1 is 1.53 bits per heavy atom. The molecule has 0 saturated carbocycles. The van der Waals surface area contributed by atoms with Crippen LogP contribution in [0.15, 0.2) is 24.3 Å². The molecule has 1 rings (SSSR count). The fourth-order valence-electron chi connectivity index (χ4n) is 1.15. The lowest BCUT2D eigenvalue weighted by Crippen LogP contribution is -2.25. The van der Waals surface area contributed by atoms with Crippen molar-refractivity contribution in [3.05, 3.63) is 35.6 Å². The predicted octanol–water partition coefficient (Wildman–Crippen LogP) is 1.59. The van der Waals surface area contributed by atoms with Crippen molar-refractivity contribution < 1.29 is 13.9 Å². The topological polar surface area (TPSA) is 38.3 Å². The van der Waals surface area contributed by atoms with Crippen molar-refractivity contribution in [2.75, 3.05) is 20.3 Å². The molecular formula is C11H14FNO2. The van der Waals surface area contributed by atoms with Gasteiger partial charge in [0.1, 0.15) is 5.82 Å². The van der Waals surface area contributed by atoms with Crippen molar-refractivity contribution in [2.24, 2.45) is 0 Å². The first-order valence-corrected chi connectivity index (χ1v) is 4.76. The van der Waals surface area contributed by atoms with Gasteiger partial charge in [0, 0.05) is 25.8 Å². The molecule has 0 radical (unpaired) electrons. The van der Waals surface area contributed by atoms with Crippen molar-refractivity contribution in [1.82, 2.24) is 5.32 Å². The standard InChI is InChI=1S/C11H14FNO2/c1-15-7-3-6-13-11(14)9-4-2-5-10(12)8-9/h2,4-5,8H,3,6-7H2,1H3,(H,13,14). The Hall–Kier alpha value is -1.42. The van der Waals surface area contributed by atoms with E-state index in [1.165, 1.54) is 18.2 Å². The molecule has 0 aliphatic heterocycles. The number of carbonyl (C=O) groups is 1. The first kappa shape index (κ1) is 11.7. The van der Waals surface area contributed by atoms with Crippen LogP contribution in [0.3, 0.4) is 0 Å². The van der Waals surface area contributed by atoms with Crippen LogP contribution < -0.4 is 5.32 Å². The van der Waals surface area contributed by atoms with Crippen LogP contribution in [0.25, 0.3) is 0 Å². The Bertz CT molecular complexity index is 328. The maximum atomic E-state index is 12.8. The average molecular weight is 211 g/mol. The molecular weight excluding hydrogens is 197 g/mol. The van der Waals surface area contributed by atoms with Crippen LogP contribution >= 0.6 is 0 Å². The zero-order valence-electron chi connectivity index (χ0n) is 8.63. The van der Waals surface area contributed by atoms with Gasteiger partial charge < -0.3 is 10.1 Å². The molecule has 0 aliphatic rings. The first-order chi connectivity index (χ1) is 7.24. The van der Waals surface area contributed by atoms with Gasteiger partial charge in [-0.2, -0.15) is 0 Å². The van der Waals surface area contributed by atoms with Gasteiger partial charge in [0.15, 0.2) is 0 Å². The number of carbonyl (C=O) groups excluding carboxylic acids is 1. The molecule has 4 heteroatoms. The van der Waals surface area contributed by atoms with Crippen LogP contribution in [0.1, 0.15) is 16.8 Å². The molecule has 1 aromatic rings. The third-order valence-electron chi connectivity index (χ3n) is 1.90. The lowest BCUT2D eigenvalue weighted by molar-refractivity contribution is 0.0948. The third kappa shape index (κ3) is 4.08. The third-order valence-corrected chi connectivity index (χ3v) is 1.90. The van der Waals surface area contributed by atoms with Crippen LogP contribution in [0, 0.1) is 5.82 Å². The fraction of sp³-hybridized carbons (Fsp3) is 0.364. The van der Waals surface area contributed by atoms with Crippen LogP contribution in [0.4, 0.5) is 4.39 Å². The summed E-state index contributed by atoms with van der Waals surface area (Å²) in [5, 5.41) is 2.68. The summed E-state index contributed by atoms with van der Waals surface area (Å²) in [6.07, 6.45) is 0.748. The van der Waals surface area contributed by atoms with Gasteiger partial charge in [0.05, 0.1) is 0 Å². The molecule has 0 saturated heterocycles. The van der Waals surface area contributed by atoms with Gasteiger partial charge in [-0.15, -0.1) is 0 Å². The van der Waals surface area contributed by atoms with E-state index in [4.69, 9.17) is 4.74 Å². The normalized spacial score (nSPS) is 10.0. The summed E-state index contributed by atoms with van der Waals surface area (Å²) in [5.41, 5.74) is 0.340. The molecule has 1 aromatic carbocycles. The average Bonchev–Trinajstić information content (AvgIpc) is 2.24. The van der Waals surface area contributed by atoms with E-state index < -0.39 is 5.82 Å². The minimum Gasteiger partial charge on any atom is -0.385 e. The fourth-order valence-corrected chi connectivity index (χ4v) is 1.15. The summed E-state index contributed by atoms with van der Waals surface area (Å²) < 4.78 is 17.6. The molecule has 0 fully saturated rings. The number of benzene rings is 1. The highest BCUT2D eigenvalue weighted by molar-refractivity contribution is 5.94. The highest BCUT2D eigenvalue weighted by Crippen LogP contribution is 2.02. The number of rotatable bonds is 5. The highest BCUT2D eigenvalue weighted by atomic mass is 19.1. The summed E-state index contributed by atoms with van der Waals surface area (Å²) in [5.74, 6) is -0.662. The van der Waals surface area contributed by atoms with Gasteiger partial charge in [-0.25, -0.2) is 4.39 Å². The van der Waals surface area contributed by atoms with Crippen LogP contribution in [0.2, 0.25) is 0 Å². The summed E-state index contributed by atoms with van der Waals surface area (Å²) >= 11 is 0. The monoisotopic (exact) mass is 211 g/mol. The largest absolute Gasteiger partial charge is 0.385 e. The van der Waals surface area contributed by atoms with Crippen LogP contribution in [-0.2, 0) is 4.74 Å². The highest BCUT2D eigenvalue weighted by Gasteiger charge is 2.04. The number of ether oxygens (including phenoxy) is 1. The Labute approximate surface area is 88.2 Å². The van der Waals surface area contributed by atoms with Crippen LogP contribution in [-0.4, -0.2) is 26.2 Å². The van der Waals surface area contributed by atoms with Crippen LogP contribution in [0.5, 0.6) is 0 Å². The molecule has 3 nitrogen and oxygen atoms in total. The smallest absolute Gasteiger partial charge is 0.251 e. The Balaban J connectivity index is 2.40. The number of amides is 1. The number of halogens is 1. The molecule has 82 valence electrons. The number of nitrogens with one attached hydrogen (secondary N) is 1. The minimum atomic E-state index is -0.403. The van der Waals surface area contributed by atoms with E-state index >= 15 is 0 Å². The van der Waals surface area contributed by atoms with Gasteiger partial charge in [-0.1, -0.05) is 6.07 Å². The van der Waals surface area contributed by atoms with Crippen molar-refractivity contribution >= 4 is 5.91 Å². The second kappa shape index (κ2) is 6.14. The van der Waals surface area contributed by atoms with Gasteiger partial charge in [-0.3, -0.25) is 4.79 Å². The predicted molar refractivity (Wildman–Crippen MR) is 55.2 cm³/mol. The molecule has 0 atom stereocenters. The summed E-state index contributed by atoms with van der Waals surface area (Å²) in [7, 11) is 1.61. The number of methoxy groups -OCH3 is 1. The van der Waals surface area contributed by atoms with E-state index in [0.717, 1.165) is 6.42 Å². The Kier molecular flexibility index (Phi) is 4.77. The molecule has 1 N–H and O–H groups in total. The Morgan fingerprint density at radius 3 is 3.00 bits per heavy atom. The molecule has 0 heterocycles. The molecule has 0 spiro atoms. The zero-order valence-corrected chi connectivity index (χ0v) is 8.63. The summed E-state index contributed by atoms with van der Waals surface area (Å²) in [4.78, 5) is 11.4. The lowest BCUT2D eigenvalue weighted by Gasteiger charge is -2.04. The molecule has 1 amide bonds. The molecule has 0 aliphatic carbocycles. The minimum absolute atomic E-state index is 0.259. The quantitative estimate of drug-likeness (QED) is 0.751. The van der Waals surface area contributed by atoms with Gasteiger partial charge in [0.2, 0.25) is 0 Å². The van der Waals surface area contributed by atoms with Gasteiger partial charge in [0.25, 0.3) is 5.91 Å². The molecule has 15 heavy (non-hydrogen) atoms. The Morgan fingerprint density at radius 2 is 2.33 bits per heavy atom. The van der Waals surface area contributed by atoms with Crippen molar-refractivity contribution in [1.29, 1.82) is 0 Å². The van der Waals surface area contributed by atoms with E-state index in [1.807, 2.05) is 0 Å². The summed E-state index contributed by atoms with van der Waals surface area (Å²) in [6, 6.07) is 5.61. The maximum Gasteiger partial charge on any atom is 0.251 e. The van der Waals surface area contributed by atoms with E-state index in [2.05, 4.69) is 5.32 Å². The zero-order chi connectivity index (χ0) is 11.1. The second-order valence-electron chi connectivity index (χ2n) is 3.11. The maximum absolute atomic E-state index is 12.8. The van der Waals surface area contributed by atoms with Crippen molar-refractivity contribution in [3.8, 4) is 0 Å². The van der Waals surface area contributed by atoms with E-state index in [-0.39, 0.29) is 5.91 Å². The van der Waals surface area contributed by atoms with Crippen molar-refractivity contribution in [2.45, 2.75) is 6.42 Å². The lowest BCUT2D eigenvalue weighted by atomic mass is 10.2.